The highest BCUT2D eigenvalue weighted by molar-refractivity contribution is 6.05. The van der Waals surface area contributed by atoms with Gasteiger partial charge < -0.3 is 9.47 Å². The van der Waals surface area contributed by atoms with Gasteiger partial charge in [-0.1, -0.05) is 78.9 Å². The number of hydrogen-bond acceptors (Lipinski definition) is 5. The van der Waals surface area contributed by atoms with Gasteiger partial charge in [0.1, 0.15) is 11.5 Å². The summed E-state index contributed by atoms with van der Waals surface area (Å²) in [5, 5.41) is 5.83. The van der Waals surface area contributed by atoms with E-state index in [1.54, 1.807) is 37.3 Å². The van der Waals surface area contributed by atoms with Crippen LogP contribution in [0.15, 0.2) is 126 Å². The summed E-state index contributed by atoms with van der Waals surface area (Å²) in [6.45, 7) is 1.66. The molecule has 5 aromatic carbocycles. The number of benzene rings is 5. The molecular formula is C33H26N2O4. The van der Waals surface area contributed by atoms with Crippen molar-refractivity contribution in [1.82, 2.24) is 5.43 Å². The number of amides is 1. The Bertz CT molecular complexity index is 1610. The van der Waals surface area contributed by atoms with Crippen molar-refractivity contribution >= 4 is 28.9 Å². The van der Waals surface area contributed by atoms with Crippen molar-refractivity contribution < 1.29 is 19.1 Å². The van der Waals surface area contributed by atoms with Crippen molar-refractivity contribution in [3.8, 4) is 22.6 Å². The molecule has 0 aliphatic rings. The van der Waals surface area contributed by atoms with Crippen LogP contribution < -0.4 is 14.9 Å². The normalized spacial score (nSPS) is 11.7. The Kier molecular flexibility index (Phi) is 7.74. The van der Waals surface area contributed by atoms with Gasteiger partial charge in [0.25, 0.3) is 5.91 Å². The third kappa shape index (κ3) is 6.37. The number of hydrogen-bond donors (Lipinski definition) is 1. The van der Waals surface area contributed by atoms with Crippen molar-refractivity contribution in [3.05, 3.63) is 132 Å². The van der Waals surface area contributed by atoms with Gasteiger partial charge in [-0.15, -0.1) is 0 Å². The molecule has 0 aliphatic heterocycles. The smallest absolute Gasteiger partial charge is 0.344 e. The molecule has 0 saturated heterocycles. The molecule has 0 heterocycles. The fourth-order valence-corrected chi connectivity index (χ4v) is 4.06. The Morgan fingerprint density at radius 1 is 0.718 bits per heavy atom. The first-order valence-electron chi connectivity index (χ1n) is 12.5. The number of nitrogens with one attached hydrogen (secondary N) is 1. The van der Waals surface area contributed by atoms with Crippen LogP contribution in [0.2, 0.25) is 0 Å². The summed E-state index contributed by atoms with van der Waals surface area (Å²) in [6, 6.07) is 37.7. The lowest BCUT2D eigenvalue weighted by atomic mass is 10.0. The van der Waals surface area contributed by atoms with Gasteiger partial charge in [-0.25, -0.2) is 10.2 Å². The summed E-state index contributed by atoms with van der Waals surface area (Å²) in [5.41, 5.74) is 5.91. The van der Waals surface area contributed by atoms with E-state index in [9.17, 15) is 9.59 Å². The average Bonchev–Trinajstić information content (AvgIpc) is 2.98. The van der Waals surface area contributed by atoms with Gasteiger partial charge in [-0.3, -0.25) is 4.79 Å². The zero-order chi connectivity index (χ0) is 27.0. The molecule has 0 bridgehead atoms. The Morgan fingerprint density at radius 2 is 1.36 bits per heavy atom. The summed E-state index contributed by atoms with van der Waals surface area (Å²) < 4.78 is 11.3. The zero-order valence-corrected chi connectivity index (χ0v) is 21.3. The van der Waals surface area contributed by atoms with Gasteiger partial charge in [-0.2, -0.15) is 5.10 Å². The molecule has 6 nitrogen and oxygen atoms in total. The number of rotatable bonds is 8. The van der Waals surface area contributed by atoms with E-state index < -0.39 is 12.1 Å². The van der Waals surface area contributed by atoms with Crippen LogP contribution in [0.5, 0.6) is 11.5 Å². The number of esters is 1. The highest BCUT2D eigenvalue weighted by atomic mass is 16.5. The van der Waals surface area contributed by atoms with Crippen molar-refractivity contribution in [3.63, 3.8) is 0 Å². The van der Waals surface area contributed by atoms with E-state index in [2.05, 4.69) is 10.5 Å². The molecule has 0 radical (unpaired) electrons. The molecule has 6 heteroatoms. The first kappa shape index (κ1) is 25.4. The molecule has 1 atom stereocenters. The maximum atomic E-state index is 12.7. The molecule has 1 amide bonds. The Labute approximate surface area is 226 Å². The molecular weight excluding hydrogens is 488 g/mol. The summed E-state index contributed by atoms with van der Waals surface area (Å²) in [4.78, 5) is 25.2. The minimum atomic E-state index is -0.736. The molecule has 5 aromatic rings. The fourth-order valence-electron chi connectivity index (χ4n) is 4.06. The van der Waals surface area contributed by atoms with E-state index in [0.29, 0.717) is 17.1 Å². The van der Waals surface area contributed by atoms with Crippen molar-refractivity contribution in [2.45, 2.75) is 13.0 Å². The molecule has 0 aliphatic carbocycles. The summed E-state index contributed by atoms with van der Waals surface area (Å²) in [6.07, 6.45) is 0.774. The van der Waals surface area contributed by atoms with E-state index in [1.807, 2.05) is 91.0 Å². The molecule has 5 rings (SSSR count). The number of carbonyl (C=O) groups is 2. The van der Waals surface area contributed by atoms with Gasteiger partial charge in [0.15, 0.2) is 6.10 Å². The topological polar surface area (TPSA) is 77.0 Å². The minimum absolute atomic E-state index is 0.376. The molecule has 0 saturated carbocycles. The number of fused-ring (bicyclic) bond motifs is 1. The predicted molar refractivity (Wildman–Crippen MR) is 153 cm³/mol. The monoisotopic (exact) mass is 514 g/mol. The Hall–Kier alpha value is -5.23. The van der Waals surface area contributed by atoms with Crippen LogP contribution in [-0.4, -0.2) is 24.2 Å². The van der Waals surface area contributed by atoms with Gasteiger partial charge in [0.05, 0.1) is 11.8 Å². The van der Waals surface area contributed by atoms with E-state index in [0.717, 1.165) is 27.5 Å². The zero-order valence-electron chi connectivity index (χ0n) is 21.3. The second kappa shape index (κ2) is 11.9. The Morgan fingerprint density at radius 3 is 2.13 bits per heavy atom. The van der Waals surface area contributed by atoms with Crippen LogP contribution in [0.3, 0.4) is 0 Å². The summed E-state index contributed by atoms with van der Waals surface area (Å²) >= 11 is 0. The Balaban J connectivity index is 1.12. The molecule has 39 heavy (non-hydrogen) atoms. The molecule has 0 aromatic heterocycles. The highest BCUT2D eigenvalue weighted by Gasteiger charge is 2.14. The first-order valence-corrected chi connectivity index (χ1v) is 12.5. The van der Waals surface area contributed by atoms with E-state index in [-0.39, 0.29) is 5.91 Å². The second-order valence-electron chi connectivity index (χ2n) is 8.87. The van der Waals surface area contributed by atoms with Crippen molar-refractivity contribution in [2.24, 2.45) is 5.10 Å². The van der Waals surface area contributed by atoms with Gasteiger partial charge >= 0.3 is 5.97 Å². The third-order valence-corrected chi connectivity index (χ3v) is 6.13. The third-order valence-electron chi connectivity index (χ3n) is 6.13. The maximum absolute atomic E-state index is 12.7. The van der Waals surface area contributed by atoms with Crippen LogP contribution in [-0.2, 0) is 4.79 Å². The lowest BCUT2D eigenvalue weighted by Gasteiger charge is -2.13. The van der Waals surface area contributed by atoms with Gasteiger partial charge in [0.2, 0.25) is 0 Å². The maximum Gasteiger partial charge on any atom is 0.344 e. The predicted octanol–water partition coefficient (Wildman–Crippen LogP) is 6.64. The van der Waals surface area contributed by atoms with E-state index >= 15 is 0 Å². The van der Waals surface area contributed by atoms with Gasteiger partial charge in [0, 0.05) is 0 Å². The fraction of sp³-hybridized carbons (Fsp3) is 0.0606. The number of ether oxygens (including phenoxy) is 2. The van der Waals surface area contributed by atoms with Crippen LogP contribution >= 0.6 is 0 Å². The highest BCUT2D eigenvalue weighted by Crippen LogP contribution is 2.23. The molecule has 1 N–H and O–H groups in total. The number of carbonyl (C=O) groups excluding carboxylic acids is 2. The van der Waals surface area contributed by atoms with Gasteiger partial charge in [-0.05, 0) is 76.9 Å². The first-order chi connectivity index (χ1) is 19.1. The average molecular weight is 515 g/mol. The van der Waals surface area contributed by atoms with Crippen molar-refractivity contribution in [2.75, 3.05) is 0 Å². The molecule has 1 unspecified atom stereocenters. The van der Waals surface area contributed by atoms with Crippen molar-refractivity contribution in [1.29, 1.82) is 0 Å². The number of nitrogens with zero attached hydrogens (tertiary/aromatic N) is 1. The van der Waals surface area contributed by atoms with Crippen LogP contribution in [0.4, 0.5) is 0 Å². The van der Waals surface area contributed by atoms with E-state index in [4.69, 9.17) is 9.47 Å². The molecule has 192 valence electrons. The van der Waals surface area contributed by atoms with Crippen LogP contribution in [0, 0.1) is 0 Å². The lowest BCUT2D eigenvalue weighted by molar-refractivity contribution is -0.127. The second-order valence-corrected chi connectivity index (χ2v) is 8.87. The SMILES string of the molecule is CC(Oc1ccc(-c2ccccc2)cc1)C(=O)NN=Cc1ccc(OC(=O)c2cccc3ccccc23)cc1. The minimum Gasteiger partial charge on any atom is -0.481 e. The molecule has 0 fully saturated rings. The number of hydrazone groups is 1. The van der Waals surface area contributed by atoms with E-state index in [1.165, 1.54) is 6.21 Å². The lowest BCUT2D eigenvalue weighted by Crippen LogP contribution is -2.33. The van der Waals surface area contributed by atoms with Crippen LogP contribution in [0.25, 0.3) is 21.9 Å². The summed E-state index contributed by atoms with van der Waals surface area (Å²) in [7, 11) is 0. The largest absolute Gasteiger partial charge is 0.481 e. The standard InChI is InChI=1S/C33H26N2O4/c1-23(38-28-20-16-26(17-21-28)25-8-3-2-4-9-25)32(36)35-34-22-24-14-18-29(19-15-24)39-33(37)31-13-7-11-27-10-5-6-12-30(27)31/h2-23H,1H3,(H,35,36). The van der Waals surface area contributed by atoms with Crippen LogP contribution in [0.1, 0.15) is 22.8 Å². The quantitative estimate of drug-likeness (QED) is 0.109. The summed E-state index contributed by atoms with van der Waals surface area (Å²) in [5.74, 6) is 0.201. The molecule has 0 spiro atoms.